The average Bonchev–Trinajstić information content (AvgIpc) is 3.40. The van der Waals surface area contributed by atoms with E-state index >= 15 is 0 Å². The Hall–Kier alpha value is -4.41. The third-order valence-electron chi connectivity index (χ3n) is 5.04. The van der Waals surface area contributed by atoms with Crippen LogP contribution in [0, 0.1) is 0 Å². The lowest BCUT2D eigenvalue weighted by Crippen LogP contribution is -2.19. The minimum atomic E-state index is -0.495. The first-order valence-electron chi connectivity index (χ1n) is 10.6. The van der Waals surface area contributed by atoms with Crippen molar-refractivity contribution in [3.63, 3.8) is 0 Å². The van der Waals surface area contributed by atoms with Gasteiger partial charge >= 0.3 is 12.0 Å². The molecule has 0 saturated heterocycles. The fourth-order valence-electron chi connectivity index (χ4n) is 3.37. The molecule has 0 saturated carbocycles. The Morgan fingerprint density at radius 3 is 2.56 bits per heavy atom. The number of nitrogens with one attached hydrogen (secondary N) is 2. The second-order valence-electron chi connectivity index (χ2n) is 8.56. The summed E-state index contributed by atoms with van der Waals surface area (Å²) in [5.74, 6) is -0.0247. The van der Waals surface area contributed by atoms with Crippen molar-refractivity contribution in [3.05, 3.63) is 54.1 Å². The number of hydrogen-bond donors (Lipinski definition) is 3. The first-order chi connectivity index (χ1) is 16.2. The van der Waals surface area contributed by atoms with Crippen molar-refractivity contribution in [2.45, 2.75) is 33.1 Å². The smallest absolute Gasteiger partial charge is 0.340 e. The number of urea groups is 1. The zero-order valence-corrected chi connectivity index (χ0v) is 19.2. The van der Waals surface area contributed by atoms with Crippen molar-refractivity contribution >= 4 is 34.9 Å². The Kier molecular flexibility index (Phi) is 5.93. The number of nitrogens with two attached hydrogens (primary N) is 1. The Bertz CT molecular complexity index is 1350. The number of hydrogen-bond acceptors (Lipinski definition) is 8. The van der Waals surface area contributed by atoms with E-state index in [2.05, 4.69) is 25.9 Å². The van der Waals surface area contributed by atoms with Crippen LogP contribution in [0.4, 0.5) is 22.2 Å². The number of amides is 2. The van der Waals surface area contributed by atoms with Crippen molar-refractivity contribution in [1.82, 2.24) is 19.8 Å². The topological polar surface area (TPSA) is 150 Å². The van der Waals surface area contributed by atoms with Crippen LogP contribution in [0.5, 0.6) is 0 Å². The molecule has 1 aromatic carbocycles. The molecule has 0 fully saturated rings. The number of anilines is 3. The van der Waals surface area contributed by atoms with Gasteiger partial charge in [0.25, 0.3) is 0 Å². The van der Waals surface area contributed by atoms with E-state index in [1.165, 1.54) is 10.8 Å². The minimum absolute atomic E-state index is 0.199. The second-order valence-corrected chi connectivity index (χ2v) is 8.56. The fourth-order valence-corrected chi connectivity index (χ4v) is 3.37. The normalized spacial score (nSPS) is 11.4. The molecule has 4 rings (SSSR count). The van der Waals surface area contributed by atoms with Crippen LogP contribution in [0.15, 0.2) is 47.4 Å². The van der Waals surface area contributed by atoms with Gasteiger partial charge < -0.3 is 20.3 Å². The zero-order chi connectivity index (χ0) is 24.5. The van der Waals surface area contributed by atoms with E-state index in [9.17, 15) is 9.59 Å². The predicted molar refractivity (Wildman–Crippen MR) is 127 cm³/mol. The number of aromatic nitrogens is 4. The van der Waals surface area contributed by atoms with Gasteiger partial charge in [-0.3, -0.25) is 5.32 Å². The van der Waals surface area contributed by atoms with Crippen LogP contribution in [-0.4, -0.2) is 38.4 Å². The number of rotatable bonds is 5. The summed E-state index contributed by atoms with van der Waals surface area (Å²) in [7, 11) is 0. The van der Waals surface area contributed by atoms with Gasteiger partial charge in [-0.1, -0.05) is 38.1 Å². The molecule has 11 heteroatoms. The van der Waals surface area contributed by atoms with Crippen molar-refractivity contribution in [1.29, 1.82) is 0 Å². The molecule has 3 aromatic heterocycles. The molecule has 3 heterocycles. The Labute approximate surface area is 195 Å². The van der Waals surface area contributed by atoms with Gasteiger partial charge in [0.2, 0.25) is 5.88 Å². The fraction of sp³-hybridized carbons (Fsp3) is 0.261. The highest BCUT2D eigenvalue weighted by Crippen LogP contribution is 2.33. The third-order valence-corrected chi connectivity index (χ3v) is 5.04. The zero-order valence-electron chi connectivity index (χ0n) is 19.2. The number of fused-ring (bicyclic) bond motifs is 1. The van der Waals surface area contributed by atoms with Crippen LogP contribution in [0.25, 0.3) is 16.6 Å². The van der Waals surface area contributed by atoms with E-state index < -0.39 is 12.0 Å². The van der Waals surface area contributed by atoms with Crippen molar-refractivity contribution in [2.75, 3.05) is 23.0 Å². The standard InChI is InChI=1S/C23H25N7O4/c1-5-33-21(31)15-11-30-19(20(24)25-12-26-30)18(15)13-6-8-14(9-7-13)27-22(32)28-17-10-16(29-34-17)23(2,3)4/h6-12H,5H2,1-4H3,(H2,24,25,26)(H2,27,28,32). The molecule has 11 nitrogen and oxygen atoms in total. The van der Waals surface area contributed by atoms with Gasteiger partial charge in [0, 0.05) is 28.9 Å². The highest BCUT2D eigenvalue weighted by molar-refractivity contribution is 6.05. The summed E-state index contributed by atoms with van der Waals surface area (Å²) in [6, 6.07) is 8.12. The molecule has 0 unspecified atom stereocenters. The van der Waals surface area contributed by atoms with Crippen LogP contribution >= 0.6 is 0 Å². The summed E-state index contributed by atoms with van der Waals surface area (Å²) in [4.78, 5) is 29.0. The summed E-state index contributed by atoms with van der Waals surface area (Å²) < 4.78 is 11.9. The lowest BCUT2D eigenvalue weighted by Gasteiger charge is -2.12. The Morgan fingerprint density at radius 2 is 1.91 bits per heavy atom. The monoisotopic (exact) mass is 463 g/mol. The van der Waals surface area contributed by atoms with Gasteiger partial charge in [-0.05, 0) is 24.6 Å². The maximum Gasteiger partial charge on any atom is 0.340 e. The van der Waals surface area contributed by atoms with E-state index in [1.807, 2.05) is 20.8 Å². The first-order valence-corrected chi connectivity index (χ1v) is 10.6. The van der Waals surface area contributed by atoms with Gasteiger partial charge in [-0.25, -0.2) is 19.1 Å². The molecule has 0 spiro atoms. The SMILES string of the molecule is CCOC(=O)c1cn2ncnc(N)c2c1-c1ccc(NC(=O)Nc2cc(C(C)(C)C)no2)cc1. The van der Waals surface area contributed by atoms with Crippen LogP contribution < -0.4 is 16.4 Å². The number of ether oxygens (including phenoxy) is 1. The van der Waals surface area contributed by atoms with Crippen LogP contribution in [0.1, 0.15) is 43.7 Å². The number of esters is 1. The maximum absolute atomic E-state index is 12.6. The molecule has 2 amide bonds. The first kappa shape index (κ1) is 22.8. The molecule has 0 aliphatic carbocycles. The number of nitrogen functional groups attached to an aromatic ring is 1. The molecule has 176 valence electrons. The molecule has 4 N–H and O–H groups in total. The summed E-state index contributed by atoms with van der Waals surface area (Å²) in [6.45, 7) is 7.95. The summed E-state index contributed by atoms with van der Waals surface area (Å²) in [5.41, 5.74) is 9.17. The largest absolute Gasteiger partial charge is 0.462 e. The molecule has 34 heavy (non-hydrogen) atoms. The van der Waals surface area contributed by atoms with Gasteiger partial charge in [0.1, 0.15) is 11.8 Å². The molecular formula is C23H25N7O4. The van der Waals surface area contributed by atoms with Gasteiger partial charge in [0.15, 0.2) is 5.82 Å². The van der Waals surface area contributed by atoms with E-state index in [4.69, 9.17) is 15.0 Å². The van der Waals surface area contributed by atoms with Crippen LogP contribution in [0.2, 0.25) is 0 Å². The molecule has 0 atom stereocenters. The number of carbonyl (C=O) groups is 2. The summed E-state index contributed by atoms with van der Waals surface area (Å²) >= 11 is 0. The van der Waals surface area contributed by atoms with E-state index in [0.717, 1.165) is 5.69 Å². The molecular weight excluding hydrogens is 438 g/mol. The Morgan fingerprint density at radius 1 is 1.18 bits per heavy atom. The summed E-state index contributed by atoms with van der Waals surface area (Å²) in [5, 5.41) is 13.5. The third kappa shape index (κ3) is 4.53. The number of carbonyl (C=O) groups excluding carboxylic acids is 2. The van der Waals surface area contributed by atoms with Gasteiger partial charge in [-0.15, -0.1) is 0 Å². The predicted octanol–water partition coefficient (Wildman–Crippen LogP) is 4.08. The number of benzene rings is 1. The van der Waals surface area contributed by atoms with E-state index in [0.29, 0.717) is 27.9 Å². The second kappa shape index (κ2) is 8.85. The van der Waals surface area contributed by atoms with Crippen LogP contribution in [0.3, 0.4) is 0 Å². The highest BCUT2D eigenvalue weighted by atomic mass is 16.5. The minimum Gasteiger partial charge on any atom is -0.462 e. The van der Waals surface area contributed by atoms with Crippen molar-refractivity contribution in [2.24, 2.45) is 0 Å². The molecule has 0 aliphatic rings. The molecule has 4 aromatic rings. The molecule has 0 bridgehead atoms. The molecule has 0 radical (unpaired) electrons. The van der Waals surface area contributed by atoms with Gasteiger partial charge in [0.05, 0.1) is 17.9 Å². The van der Waals surface area contributed by atoms with Crippen LogP contribution in [-0.2, 0) is 10.2 Å². The van der Waals surface area contributed by atoms with Crippen molar-refractivity contribution < 1.29 is 18.8 Å². The maximum atomic E-state index is 12.6. The molecule has 0 aliphatic heterocycles. The lowest BCUT2D eigenvalue weighted by atomic mass is 9.92. The number of nitrogens with zero attached hydrogens (tertiary/aromatic N) is 4. The average molecular weight is 463 g/mol. The Balaban J connectivity index is 1.57. The lowest BCUT2D eigenvalue weighted by molar-refractivity contribution is 0.0527. The van der Waals surface area contributed by atoms with Crippen molar-refractivity contribution in [3.8, 4) is 11.1 Å². The van der Waals surface area contributed by atoms with E-state index in [1.54, 1.807) is 43.5 Å². The quantitative estimate of drug-likeness (QED) is 0.375. The van der Waals surface area contributed by atoms with E-state index in [-0.39, 0.29) is 23.7 Å². The van der Waals surface area contributed by atoms with Gasteiger partial charge in [-0.2, -0.15) is 5.10 Å². The summed E-state index contributed by atoms with van der Waals surface area (Å²) in [6.07, 6.45) is 2.87. The highest BCUT2D eigenvalue weighted by Gasteiger charge is 2.23.